The van der Waals surface area contributed by atoms with Crippen LogP contribution in [0, 0.1) is 24.6 Å². The quantitative estimate of drug-likeness (QED) is 0.882. The summed E-state index contributed by atoms with van der Waals surface area (Å²) in [4.78, 5) is 11.5. The fourth-order valence-electron chi connectivity index (χ4n) is 1.77. The number of carbonyl (C=O) groups excluding carboxylic acids is 1. The number of ether oxygens (including phenoxy) is 1. The highest BCUT2D eigenvalue weighted by atomic mass is 19.1. The SMILES string of the molecule is Cc1c(F)cccc1C#CCNC(=O)OCc1ccccc1. The van der Waals surface area contributed by atoms with Gasteiger partial charge in [-0.2, -0.15) is 0 Å². The molecule has 112 valence electrons. The third-order valence-electron chi connectivity index (χ3n) is 3.02. The topological polar surface area (TPSA) is 38.3 Å². The first-order chi connectivity index (χ1) is 10.7. The number of hydrogen-bond acceptors (Lipinski definition) is 2. The molecule has 0 aliphatic carbocycles. The maximum atomic E-state index is 13.3. The number of benzene rings is 2. The molecule has 1 amide bonds. The summed E-state index contributed by atoms with van der Waals surface area (Å²) < 4.78 is 18.4. The van der Waals surface area contributed by atoms with Gasteiger partial charge in [0, 0.05) is 11.1 Å². The minimum Gasteiger partial charge on any atom is -0.445 e. The van der Waals surface area contributed by atoms with Crippen LogP contribution in [0.1, 0.15) is 16.7 Å². The van der Waals surface area contributed by atoms with E-state index >= 15 is 0 Å². The van der Waals surface area contributed by atoms with Crippen LogP contribution in [0.4, 0.5) is 9.18 Å². The van der Waals surface area contributed by atoms with E-state index in [9.17, 15) is 9.18 Å². The average molecular weight is 297 g/mol. The summed E-state index contributed by atoms with van der Waals surface area (Å²) in [5, 5.41) is 2.53. The summed E-state index contributed by atoms with van der Waals surface area (Å²) in [6, 6.07) is 14.1. The Morgan fingerprint density at radius 2 is 1.95 bits per heavy atom. The Morgan fingerprint density at radius 1 is 1.18 bits per heavy atom. The summed E-state index contributed by atoms with van der Waals surface area (Å²) >= 11 is 0. The molecular formula is C18H16FNO2. The molecule has 2 aromatic rings. The number of rotatable bonds is 3. The standard InChI is InChI=1S/C18H16FNO2/c1-14-16(9-5-11-17(14)19)10-6-12-20-18(21)22-13-15-7-3-2-4-8-15/h2-5,7-9,11H,12-13H2,1H3,(H,20,21). The lowest BCUT2D eigenvalue weighted by atomic mass is 10.1. The van der Waals surface area contributed by atoms with Gasteiger partial charge in [0.05, 0.1) is 6.54 Å². The molecular weight excluding hydrogens is 281 g/mol. The molecule has 0 saturated carbocycles. The highest BCUT2D eigenvalue weighted by molar-refractivity contribution is 5.67. The van der Waals surface area contributed by atoms with E-state index in [-0.39, 0.29) is 19.0 Å². The monoisotopic (exact) mass is 297 g/mol. The summed E-state index contributed by atoms with van der Waals surface area (Å²) in [7, 11) is 0. The lowest BCUT2D eigenvalue weighted by Gasteiger charge is -2.04. The van der Waals surface area contributed by atoms with E-state index in [1.54, 1.807) is 19.1 Å². The zero-order chi connectivity index (χ0) is 15.8. The Hall–Kier alpha value is -2.80. The fraction of sp³-hybridized carbons (Fsp3) is 0.167. The zero-order valence-electron chi connectivity index (χ0n) is 12.2. The predicted molar refractivity (Wildman–Crippen MR) is 82.6 cm³/mol. The van der Waals surface area contributed by atoms with Crippen LogP contribution in [0.5, 0.6) is 0 Å². The number of alkyl carbamates (subject to hydrolysis) is 1. The molecule has 0 heterocycles. The number of hydrogen-bond donors (Lipinski definition) is 1. The van der Waals surface area contributed by atoms with Gasteiger partial charge in [-0.15, -0.1) is 0 Å². The normalized spacial score (nSPS) is 9.55. The van der Waals surface area contributed by atoms with E-state index in [1.807, 2.05) is 30.3 Å². The van der Waals surface area contributed by atoms with Crippen molar-refractivity contribution in [3.63, 3.8) is 0 Å². The van der Waals surface area contributed by atoms with Gasteiger partial charge in [0.2, 0.25) is 0 Å². The van der Waals surface area contributed by atoms with Gasteiger partial charge < -0.3 is 10.1 Å². The van der Waals surface area contributed by atoms with E-state index in [1.165, 1.54) is 6.07 Å². The van der Waals surface area contributed by atoms with Crippen LogP contribution in [-0.2, 0) is 11.3 Å². The Morgan fingerprint density at radius 3 is 2.73 bits per heavy atom. The van der Waals surface area contributed by atoms with Gasteiger partial charge in [-0.3, -0.25) is 0 Å². The second kappa shape index (κ2) is 7.84. The van der Waals surface area contributed by atoms with Gasteiger partial charge in [0.1, 0.15) is 12.4 Å². The Kier molecular flexibility index (Phi) is 5.56. The fourth-order valence-corrected chi connectivity index (χ4v) is 1.77. The number of nitrogens with one attached hydrogen (secondary N) is 1. The van der Waals surface area contributed by atoms with E-state index in [0.717, 1.165) is 5.56 Å². The van der Waals surface area contributed by atoms with Crippen molar-refractivity contribution in [3.8, 4) is 11.8 Å². The first-order valence-corrected chi connectivity index (χ1v) is 6.85. The van der Waals surface area contributed by atoms with E-state index < -0.39 is 6.09 Å². The van der Waals surface area contributed by atoms with Crippen molar-refractivity contribution in [2.45, 2.75) is 13.5 Å². The van der Waals surface area contributed by atoms with Crippen molar-refractivity contribution in [2.75, 3.05) is 6.54 Å². The van der Waals surface area contributed by atoms with E-state index in [4.69, 9.17) is 4.74 Å². The predicted octanol–water partition coefficient (Wildman–Crippen LogP) is 3.41. The lowest BCUT2D eigenvalue weighted by molar-refractivity contribution is 0.141. The molecule has 0 atom stereocenters. The molecule has 0 fully saturated rings. The number of halogens is 1. The molecule has 4 heteroatoms. The molecule has 2 rings (SSSR count). The summed E-state index contributed by atoms with van der Waals surface area (Å²) in [5.74, 6) is 5.30. The van der Waals surface area contributed by atoms with Gasteiger partial charge in [-0.25, -0.2) is 9.18 Å². The van der Waals surface area contributed by atoms with Crippen molar-refractivity contribution < 1.29 is 13.9 Å². The highest BCUT2D eigenvalue weighted by Crippen LogP contribution is 2.10. The smallest absolute Gasteiger partial charge is 0.408 e. The molecule has 3 nitrogen and oxygen atoms in total. The Bertz CT molecular complexity index is 702. The molecule has 1 N–H and O–H groups in total. The highest BCUT2D eigenvalue weighted by Gasteiger charge is 2.01. The average Bonchev–Trinajstić information content (AvgIpc) is 2.54. The molecule has 0 aliphatic heterocycles. The zero-order valence-corrected chi connectivity index (χ0v) is 12.2. The maximum Gasteiger partial charge on any atom is 0.408 e. The van der Waals surface area contributed by atoms with Crippen molar-refractivity contribution in [1.82, 2.24) is 5.32 Å². The van der Waals surface area contributed by atoms with Crippen LogP contribution in [0.3, 0.4) is 0 Å². The Labute approximate surface area is 129 Å². The van der Waals surface area contributed by atoms with E-state index in [0.29, 0.717) is 11.1 Å². The van der Waals surface area contributed by atoms with Crippen LogP contribution >= 0.6 is 0 Å². The summed E-state index contributed by atoms with van der Waals surface area (Å²) in [6.07, 6.45) is -0.533. The van der Waals surface area contributed by atoms with Crippen LogP contribution < -0.4 is 5.32 Å². The first-order valence-electron chi connectivity index (χ1n) is 6.85. The van der Waals surface area contributed by atoms with Crippen molar-refractivity contribution >= 4 is 6.09 Å². The molecule has 0 spiro atoms. The molecule has 0 radical (unpaired) electrons. The second-order valence-corrected chi connectivity index (χ2v) is 4.63. The molecule has 0 unspecified atom stereocenters. The van der Waals surface area contributed by atoms with Crippen LogP contribution in [0.25, 0.3) is 0 Å². The maximum absolute atomic E-state index is 13.3. The molecule has 22 heavy (non-hydrogen) atoms. The Balaban J connectivity index is 1.78. The third-order valence-corrected chi connectivity index (χ3v) is 3.02. The number of amides is 1. The van der Waals surface area contributed by atoms with E-state index in [2.05, 4.69) is 17.2 Å². The minimum atomic E-state index is -0.533. The first kappa shape index (κ1) is 15.6. The lowest BCUT2D eigenvalue weighted by Crippen LogP contribution is -2.24. The van der Waals surface area contributed by atoms with Crippen LogP contribution in [0.2, 0.25) is 0 Å². The molecule has 0 aromatic heterocycles. The van der Waals surface area contributed by atoms with Crippen molar-refractivity contribution in [2.24, 2.45) is 0 Å². The van der Waals surface area contributed by atoms with Gasteiger partial charge in [0.25, 0.3) is 0 Å². The molecule has 0 bridgehead atoms. The second-order valence-electron chi connectivity index (χ2n) is 4.63. The van der Waals surface area contributed by atoms with Crippen molar-refractivity contribution in [3.05, 3.63) is 71.0 Å². The summed E-state index contributed by atoms with van der Waals surface area (Å²) in [5.41, 5.74) is 2.03. The van der Waals surface area contributed by atoms with Crippen LogP contribution in [0.15, 0.2) is 48.5 Å². The molecule has 0 saturated heterocycles. The van der Waals surface area contributed by atoms with Gasteiger partial charge in [-0.1, -0.05) is 48.2 Å². The van der Waals surface area contributed by atoms with Crippen LogP contribution in [-0.4, -0.2) is 12.6 Å². The molecule has 0 aliphatic rings. The number of carbonyl (C=O) groups is 1. The van der Waals surface area contributed by atoms with Gasteiger partial charge in [0.15, 0.2) is 0 Å². The van der Waals surface area contributed by atoms with Gasteiger partial charge >= 0.3 is 6.09 Å². The summed E-state index contributed by atoms with van der Waals surface area (Å²) in [6.45, 7) is 2.02. The minimum absolute atomic E-state index is 0.142. The molecule has 2 aromatic carbocycles. The largest absolute Gasteiger partial charge is 0.445 e. The van der Waals surface area contributed by atoms with Crippen molar-refractivity contribution in [1.29, 1.82) is 0 Å². The van der Waals surface area contributed by atoms with Gasteiger partial charge in [-0.05, 0) is 24.6 Å². The third kappa shape index (κ3) is 4.64.